The second-order valence-electron chi connectivity index (χ2n) is 12.8. The highest BCUT2D eigenvalue weighted by Gasteiger charge is 2.39. The maximum Gasteiger partial charge on any atom is 0.407 e. The summed E-state index contributed by atoms with van der Waals surface area (Å²) in [7, 11) is 0. The molecule has 2 aliphatic rings. The van der Waals surface area contributed by atoms with Gasteiger partial charge in [-0.2, -0.15) is 0 Å². The van der Waals surface area contributed by atoms with Crippen molar-refractivity contribution in [1.29, 1.82) is 0 Å². The van der Waals surface area contributed by atoms with E-state index in [4.69, 9.17) is 18.9 Å². The minimum Gasteiger partial charge on any atom is -0.458 e. The Morgan fingerprint density at radius 1 is 1.05 bits per heavy atom. The van der Waals surface area contributed by atoms with Gasteiger partial charge in [0.05, 0.1) is 30.0 Å². The maximum atomic E-state index is 14.4. The van der Waals surface area contributed by atoms with E-state index in [0.717, 1.165) is 38.5 Å². The quantitative estimate of drug-likeness (QED) is 0.269. The highest BCUT2D eigenvalue weighted by Crippen LogP contribution is 2.35. The summed E-state index contributed by atoms with van der Waals surface area (Å²) in [6.45, 7) is 11.6. The molecule has 2 saturated heterocycles. The van der Waals surface area contributed by atoms with Gasteiger partial charge in [-0.05, 0) is 71.4 Å². The molecule has 2 N–H and O–H groups in total. The molecule has 0 radical (unpaired) electrons. The molecule has 3 rings (SSSR count). The average molecular weight is 580 g/mol. The van der Waals surface area contributed by atoms with Crippen LogP contribution in [0.3, 0.4) is 0 Å². The minimum atomic E-state index is -0.697. The first-order valence-electron chi connectivity index (χ1n) is 15.3. The summed E-state index contributed by atoms with van der Waals surface area (Å²) in [6.07, 6.45) is 4.80. The molecule has 0 saturated carbocycles. The van der Waals surface area contributed by atoms with Gasteiger partial charge in [0.1, 0.15) is 17.5 Å². The van der Waals surface area contributed by atoms with Crippen LogP contribution >= 0.6 is 0 Å². The SMILES string of the molecule is CCC[C@H](C[C@@H]1CC[C@H]([C@@H](C)[C@@H](C[C@@H]2CC[C@H]([C@@H](C)CO)O2)OC(=O)c2ccccc2F)O1)NC(=O)OC(C)(C)C. The fourth-order valence-electron chi connectivity index (χ4n) is 5.82. The van der Waals surface area contributed by atoms with Gasteiger partial charge in [-0.3, -0.25) is 0 Å². The Kier molecular flexibility index (Phi) is 12.4. The van der Waals surface area contributed by atoms with E-state index >= 15 is 0 Å². The third-order valence-electron chi connectivity index (χ3n) is 8.13. The van der Waals surface area contributed by atoms with Crippen molar-refractivity contribution in [1.82, 2.24) is 5.32 Å². The largest absolute Gasteiger partial charge is 0.458 e. The number of aliphatic hydroxyl groups is 1. The van der Waals surface area contributed by atoms with E-state index in [0.29, 0.717) is 12.8 Å². The molecular weight excluding hydrogens is 529 g/mol. The number of amides is 1. The van der Waals surface area contributed by atoms with Crippen molar-refractivity contribution in [2.45, 2.75) is 135 Å². The number of hydrogen-bond donors (Lipinski definition) is 2. The van der Waals surface area contributed by atoms with Gasteiger partial charge < -0.3 is 29.4 Å². The Morgan fingerprint density at radius 2 is 1.68 bits per heavy atom. The van der Waals surface area contributed by atoms with Crippen LogP contribution in [-0.4, -0.2) is 65.9 Å². The average Bonchev–Trinajstić information content (AvgIpc) is 3.56. The van der Waals surface area contributed by atoms with Crippen molar-refractivity contribution in [2.75, 3.05) is 6.61 Å². The number of nitrogens with one attached hydrogen (secondary N) is 1. The van der Waals surface area contributed by atoms with Crippen LogP contribution in [-0.2, 0) is 18.9 Å². The van der Waals surface area contributed by atoms with Crippen molar-refractivity contribution in [3.8, 4) is 0 Å². The van der Waals surface area contributed by atoms with Crippen molar-refractivity contribution in [2.24, 2.45) is 11.8 Å². The van der Waals surface area contributed by atoms with Crippen LogP contribution in [0.1, 0.15) is 103 Å². The normalized spacial score (nSPS) is 25.8. The third-order valence-corrected chi connectivity index (χ3v) is 8.13. The highest BCUT2D eigenvalue weighted by atomic mass is 19.1. The second-order valence-corrected chi connectivity index (χ2v) is 12.8. The fraction of sp³-hybridized carbons (Fsp3) is 0.750. The molecule has 0 bridgehead atoms. The first kappa shape index (κ1) is 33.3. The molecule has 8 atom stereocenters. The van der Waals surface area contributed by atoms with Gasteiger partial charge in [0.2, 0.25) is 0 Å². The Morgan fingerprint density at radius 3 is 2.32 bits per heavy atom. The summed E-state index contributed by atoms with van der Waals surface area (Å²) in [5.74, 6) is -1.44. The number of halogens is 1. The minimum absolute atomic E-state index is 0.0288. The van der Waals surface area contributed by atoms with Crippen LogP contribution in [0.25, 0.3) is 0 Å². The van der Waals surface area contributed by atoms with Crippen molar-refractivity contribution < 1.29 is 38.0 Å². The van der Waals surface area contributed by atoms with Crippen LogP contribution in [0.4, 0.5) is 9.18 Å². The summed E-state index contributed by atoms with van der Waals surface area (Å²) in [4.78, 5) is 25.4. The van der Waals surface area contributed by atoms with E-state index in [1.807, 2.05) is 34.6 Å². The third kappa shape index (κ3) is 10.2. The Labute approximate surface area is 244 Å². The van der Waals surface area contributed by atoms with Crippen LogP contribution in [0, 0.1) is 17.7 Å². The van der Waals surface area contributed by atoms with Crippen LogP contribution in [0.15, 0.2) is 24.3 Å². The highest BCUT2D eigenvalue weighted by molar-refractivity contribution is 5.89. The smallest absolute Gasteiger partial charge is 0.407 e. The first-order chi connectivity index (χ1) is 19.4. The fourth-order valence-corrected chi connectivity index (χ4v) is 5.82. The van der Waals surface area contributed by atoms with Gasteiger partial charge >= 0.3 is 12.1 Å². The molecule has 8 nitrogen and oxygen atoms in total. The summed E-state index contributed by atoms with van der Waals surface area (Å²) in [5, 5.41) is 12.6. The lowest BCUT2D eigenvalue weighted by Gasteiger charge is -2.31. The van der Waals surface area contributed by atoms with Gasteiger partial charge in [-0.1, -0.05) is 39.3 Å². The standard InChI is InChI=1S/C32H50FNO7/c1-7-10-22(34-31(37)41-32(4,5)6)17-23-14-16-28(39-23)21(3)29(18-24-13-15-27(38-24)20(2)19-35)40-30(36)25-11-8-9-12-26(25)33/h8-9,11-12,20-24,27-29,35H,7,10,13-19H2,1-6H3,(H,34,37)/t20-,21+,22+,23-,24-,27+,28+,29+/m0/s1. The predicted octanol–water partition coefficient (Wildman–Crippen LogP) is 6.18. The van der Waals surface area contributed by atoms with E-state index in [1.165, 1.54) is 18.2 Å². The second kappa shape index (κ2) is 15.3. The Balaban J connectivity index is 1.66. The van der Waals surface area contributed by atoms with Crippen LogP contribution in [0.5, 0.6) is 0 Å². The molecule has 0 unspecified atom stereocenters. The number of ether oxygens (including phenoxy) is 4. The van der Waals surface area contributed by atoms with E-state index in [-0.39, 0.29) is 54.5 Å². The molecule has 2 aliphatic heterocycles. The van der Waals surface area contributed by atoms with E-state index < -0.39 is 29.6 Å². The van der Waals surface area contributed by atoms with E-state index in [2.05, 4.69) is 12.2 Å². The predicted molar refractivity (Wildman–Crippen MR) is 154 cm³/mol. The number of alkyl carbamates (subject to hydrolysis) is 1. The molecule has 2 heterocycles. The molecular formula is C32H50FNO7. The molecule has 1 aromatic carbocycles. The van der Waals surface area contributed by atoms with E-state index in [1.54, 1.807) is 6.07 Å². The first-order valence-corrected chi connectivity index (χ1v) is 15.3. The molecule has 41 heavy (non-hydrogen) atoms. The number of rotatable bonds is 13. The maximum absolute atomic E-state index is 14.4. The summed E-state index contributed by atoms with van der Waals surface area (Å²) in [5.41, 5.74) is -0.663. The Bertz CT molecular complexity index is 983. The van der Waals surface area contributed by atoms with Gasteiger partial charge in [0.25, 0.3) is 0 Å². The molecule has 0 aliphatic carbocycles. The van der Waals surface area contributed by atoms with Crippen molar-refractivity contribution in [3.05, 3.63) is 35.6 Å². The zero-order valence-corrected chi connectivity index (χ0v) is 25.6. The lowest BCUT2D eigenvalue weighted by Crippen LogP contribution is -2.41. The summed E-state index contributed by atoms with van der Waals surface area (Å²) < 4.78 is 38.5. The van der Waals surface area contributed by atoms with Crippen LogP contribution < -0.4 is 5.32 Å². The summed E-state index contributed by atoms with van der Waals surface area (Å²) >= 11 is 0. The number of carbonyl (C=O) groups excluding carboxylic acids is 2. The summed E-state index contributed by atoms with van der Waals surface area (Å²) in [6, 6.07) is 5.76. The molecule has 9 heteroatoms. The monoisotopic (exact) mass is 579 g/mol. The number of esters is 1. The zero-order chi connectivity index (χ0) is 30.2. The number of aliphatic hydroxyl groups excluding tert-OH is 1. The molecule has 2 fully saturated rings. The van der Waals surface area contributed by atoms with Gasteiger partial charge in [0, 0.05) is 30.9 Å². The Hall–Kier alpha value is -2.23. The number of carbonyl (C=O) groups is 2. The lowest BCUT2D eigenvalue weighted by atomic mass is 9.91. The van der Waals surface area contributed by atoms with Gasteiger partial charge in [0.15, 0.2) is 0 Å². The lowest BCUT2D eigenvalue weighted by molar-refractivity contribution is -0.0677. The van der Waals surface area contributed by atoms with Crippen molar-refractivity contribution >= 4 is 12.1 Å². The van der Waals surface area contributed by atoms with Crippen LogP contribution in [0.2, 0.25) is 0 Å². The van der Waals surface area contributed by atoms with Gasteiger partial charge in [-0.25, -0.2) is 14.0 Å². The molecule has 232 valence electrons. The molecule has 1 amide bonds. The van der Waals surface area contributed by atoms with E-state index in [9.17, 15) is 19.1 Å². The topological polar surface area (TPSA) is 103 Å². The number of benzene rings is 1. The molecule has 0 spiro atoms. The number of hydrogen-bond acceptors (Lipinski definition) is 7. The van der Waals surface area contributed by atoms with Gasteiger partial charge in [-0.15, -0.1) is 0 Å². The molecule has 1 aromatic rings. The molecule has 0 aromatic heterocycles. The van der Waals surface area contributed by atoms with Crippen molar-refractivity contribution in [3.63, 3.8) is 0 Å². The zero-order valence-electron chi connectivity index (χ0n) is 25.6.